The Hall–Kier alpha value is -0.580. The van der Waals surface area contributed by atoms with Crippen molar-refractivity contribution in [2.24, 2.45) is 11.8 Å². The van der Waals surface area contributed by atoms with Crippen LogP contribution in [0.5, 0.6) is 0 Å². The van der Waals surface area contributed by atoms with Crippen LogP contribution in [0.1, 0.15) is 24.8 Å². The molecule has 0 spiro atoms. The van der Waals surface area contributed by atoms with Crippen molar-refractivity contribution < 1.29 is 8.42 Å². The highest BCUT2D eigenvalue weighted by molar-refractivity contribution is 7.89. The normalized spacial score (nSPS) is 23.1. The van der Waals surface area contributed by atoms with Crippen molar-refractivity contribution in [3.63, 3.8) is 0 Å². The van der Waals surface area contributed by atoms with E-state index in [2.05, 4.69) is 4.72 Å². The fourth-order valence-corrected chi connectivity index (χ4v) is 4.31. The third kappa shape index (κ3) is 4.76. The maximum atomic E-state index is 12.0. The second kappa shape index (κ2) is 7.43. The van der Waals surface area contributed by atoms with Crippen LogP contribution in [0.25, 0.3) is 0 Å². The Kier molecular flexibility index (Phi) is 5.87. The van der Waals surface area contributed by atoms with Gasteiger partial charge in [-0.05, 0) is 36.7 Å². The molecule has 1 aliphatic carbocycles. The summed E-state index contributed by atoms with van der Waals surface area (Å²) >= 11 is 5.92. The topological polar surface area (TPSA) is 46.2 Å². The molecule has 0 aliphatic heterocycles. The molecule has 0 radical (unpaired) electrons. The lowest BCUT2D eigenvalue weighted by atomic mass is 9.98. The second-order valence-electron chi connectivity index (χ2n) is 5.51. The van der Waals surface area contributed by atoms with E-state index in [1.807, 2.05) is 30.3 Å². The number of alkyl halides is 1. The first-order chi connectivity index (χ1) is 9.61. The van der Waals surface area contributed by atoms with Crippen LogP contribution in [0.15, 0.2) is 30.3 Å². The van der Waals surface area contributed by atoms with Crippen molar-refractivity contribution in [2.45, 2.75) is 25.7 Å². The van der Waals surface area contributed by atoms with Crippen molar-refractivity contribution in [1.82, 2.24) is 4.72 Å². The van der Waals surface area contributed by atoms with E-state index in [0.717, 1.165) is 24.8 Å². The molecule has 1 aromatic carbocycles. The summed E-state index contributed by atoms with van der Waals surface area (Å²) in [5.74, 6) is 1.65. The van der Waals surface area contributed by atoms with Crippen LogP contribution in [-0.2, 0) is 16.4 Å². The van der Waals surface area contributed by atoms with Gasteiger partial charge < -0.3 is 0 Å². The number of benzene rings is 1. The number of rotatable bonds is 7. The SMILES string of the molecule is O=S(=O)(CCc1ccccc1)NCC1CCCC1CCl. The van der Waals surface area contributed by atoms with Crippen molar-refractivity contribution in [2.75, 3.05) is 18.2 Å². The van der Waals surface area contributed by atoms with Crippen LogP contribution in [0.4, 0.5) is 0 Å². The largest absolute Gasteiger partial charge is 0.215 e. The van der Waals surface area contributed by atoms with Crippen LogP contribution in [0, 0.1) is 11.8 Å². The number of aryl methyl sites for hydroxylation is 1. The molecule has 2 unspecified atom stereocenters. The van der Waals surface area contributed by atoms with Gasteiger partial charge in [0.15, 0.2) is 0 Å². The molecule has 1 saturated carbocycles. The van der Waals surface area contributed by atoms with E-state index in [1.165, 1.54) is 0 Å². The standard InChI is InChI=1S/C15H22ClNO2S/c16-11-14-7-4-8-15(14)12-17-20(18,19)10-9-13-5-2-1-3-6-13/h1-3,5-6,14-15,17H,4,7-12H2. The maximum Gasteiger partial charge on any atom is 0.211 e. The zero-order valence-electron chi connectivity index (χ0n) is 11.6. The van der Waals surface area contributed by atoms with Crippen molar-refractivity contribution in [1.29, 1.82) is 0 Å². The van der Waals surface area contributed by atoms with E-state index >= 15 is 0 Å². The average molecular weight is 316 g/mol. The molecule has 2 atom stereocenters. The van der Waals surface area contributed by atoms with Gasteiger partial charge >= 0.3 is 0 Å². The minimum atomic E-state index is -3.19. The van der Waals surface area contributed by atoms with Crippen LogP contribution >= 0.6 is 11.6 Å². The third-order valence-electron chi connectivity index (χ3n) is 4.08. The second-order valence-corrected chi connectivity index (χ2v) is 7.74. The van der Waals surface area contributed by atoms with Crippen molar-refractivity contribution in [3.8, 4) is 0 Å². The van der Waals surface area contributed by atoms with Gasteiger partial charge in [0.1, 0.15) is 0 Å². The van der Waals surface area contributed by atoms with Gasteiger partial charge in [-0.1, -0.05) is 36.8 Å². The molecule has 3 nitrogen and oxygen atoms in total. The van der Waals surface area contributed by atoms with Crippen molar-refractivity contribution >= 4 is 21.6 Å². The minimum absolute atomic E-state index is 0.148. The highest BCUT2D eigenvalue weighted by atomic mass is 35.5. The van der Waals surface area contributed by atoms with Crippen LogP contribution < -0.4 is 4.72 Å². The fourth-order valence-electron chi connectivity index (χ4n) is 2.79. The van der Waals surface area contributed by atoms with Crippen LogP contribution in [-0.4, -0.2) is 26.6 Å². The van der Waals surface area contributed by atoms with Gasteiger partial charge in [-0.15, -0.1) is 11.6 Å². The van der Waals surface area contributed by atoms with E-state index in [0.29, 0.717) is 30.7 Å². The Labute approximate surface area is 126 Å². The molecule has 112 valence electrons. The molecule has 0 amide bonds. The Morgan fingerprint density at radius 2 is 1.85 bits per heavy atom. The average Bonchev–Trinajstić information content (AvgIpc) is 2.92. The van der Waals surface area contributed by atoms with Gasteiger partial charge in [0.2, 0.25) is 10.0 Å². The molecule has 1 aliphatic rings. The highest BCUT2D eigenvalue weighted by Crippen LogP contribution is 2.32. The van der Waals surface area contributed by atoms with Crippen molar-refractivity contribution in [3.05, 3.63) is 35.9 Å². The number of hydrogen-bond donors (Lipinski definition) is 1. The van der Waals surface area contributed by atoms with Gasteiger partial charge in [0.05, 0.1) is 5.75 Å². The predicted octanol–water partition coefficient (Wildman–Crippen LogP) is 2.80. The minimum Gasteiger partial charge on any atom is -0.215 e. The molecule has 1 aromatic rings. The summed E-state index contributed by atoms with van der Waals surface area (Å²) in [4.78, 5) is 0. The summed E-state index contributed by atoms with van der Waals surface area (Å²) in [6.07, 6.45) is 3.92. The van der Waals surface area contributed by atoms with Crippen LogP contribution in [0.2, 0.25) is 0 Å². The Balaban J connectivity index is 1.79. The summed E-state index contributed by atoms with van der Waals surface area (Å²) in [7, 11) is -3.19. The zero-order chi connectivity index (χ0) is 14.4. The molecular weight excluding hydrogens is 294 g/mol. The van der Waals surface area contributed by atoms with Gasteiger partial charge in [-0.2, -0.15) is 0 Å². The number of nitrogens with one attached hydrogen (secondary N) is 1. The molecule has 1 N–H and O–H groups in total. The molecule has 0 saturated heterocycles. The zero-order valence-corrected chi connectivity index (χ0v) is 13.2. The monoisotopic (exact) mass is 315 g/mol. The molecule has 20 heavy (non-hydrogen) atoms. The summed E-state index contributed by atoms with van der Waals surface area (Å²) in [6, 6.07) is 9.70. The lowest BCUT2D eigenvalue weighted by Gasteiger charge is -2.17. The van der Waals surface area contributed by atoms with Gasteiger partial charge in [-0.3, -0.25) is 0 Å². The highest BCUT2D eigenvalue weighted by Gasteiger charge is 2.27. The molecule has 2 rings (SSSR count). The molecule has 0 aromatic heterocycles. The smallest absolute Gasteiger partial charge is 0.211 e. The van der Waals surface area contributed by atoms with E-state index in [9.17, 15) is 8.42 Å². The van der Waals surface area contributed by atoms with Gasteiger partial charge in [0, 0.05) is 12.4 Å². The maximum absolute atomic E-state index is 12.0. The lowest BCUT2D eigenvalue weighted by molar-refractivity contribution is 0.418. The summed E-state index contributed by atoms with van der Waals surface area (Å²) in [5.41, 5.74) is 1.05. The molecule has 0 bridgehead atoms. The van der Waals surface area contributed by atoms with E-state index in [4.69, 9.17) is 11.6 Å². The van der Waals surface area contributed by atoms with Gasteiger partial charge in [0.25, 0.3) is 0 Å². The lowest BCUT2D eigenvalue weighted by Crippen LogP contribution is -2.33. The Bertz CT molecular complexity index is 504. The van der Waals surface area contributed by atoms with E-state index in [1.54, 1.807) is 0 Å². The van der Waals surface area contributed by atoms with Crippen LogP contribution in [0.3, 0.4) is 0 Å². The summed E-state index contributed by atoms with van der Waals surface area (Å²) < 4.78 is 26.8. The summed E-state index contributed by atoms with van der Waals surface area (Å²) in [5, 5.41) is 0. The molecule has 0 heterocycles. The van der Waals surface area contributed by atoms with Gasteiger partial charge in [-0.25, -0.2) is 13.1 Å². The quantitative estimate of drug-likeness (QED) is 0.786. The third-order valence-corrected chi connectivity index (χ3v) is 5.83. The number of hydrogen-bond acceptors (Lipinski definition) is 2. The predicted molar refractivity (Wildman–Crippen MR) is 83.5 cm³/mol. The summed E-state index contributed by atoms with van der Waals surface area (Å²) in [6.45, 7) is 0.536. The number of halogens is 1. The first kappa shape index (κ1) is 15.8. The number of sulfonamides is 1. The Morgan fingerprint density at radius 3 is 2.55 bits per heavy atom. The van der Waals surface area contributed by atoms with E-state index < -0.39 is 10.0 Å². The molecule has 5 heteroatoms. The van der Waals surface area contributed by atoms with E-state index in [-0.39, 0.29) is 5.75 Å². The molecular formula is C15H22ClNO2S. The molecule has 1 fully saturated rings. The first-order valence-electron chi connectivity index (χ1n) is 7.18. The Morgan fingerprint density at radius 1 is 1.15 bits per heavy atom. The first-order valence-corrected chi connectivity index (χ1v) is 9.36. The fraction of sp³-hybridized carbons (Fsp3) is 0.600.